The molecule has 1 aliphatic heterocycles. The summed E-state index contributed by atoms with van der Waals surface area (Å²) in [5, 5.41) is 0.670. The van der Waals surface area contributed by atoms with E-state index < -0.39 is 12.0 Å². The topological polar surface area (TPSA) is 64.8 Å². The third-order valence-electron chi connectivity index (χ3n) is 3.82. The van der Waals surface area contributed by atoms with E-state index in [0.717, 1.165) is 43.1 Å². The summed E-state index contributed by atoms with van der Waals surface area (Å²) in [4.78, 5) is 13.9. The van der Waals surface area contributed by atoms with E-state index in [-0.39, 0.29) is 0 Å². The summed E-state index contributed by atoms with van der Waals surface area (Å²) in [5.74, 6) is -0.395. The third-order valence-corrected chi connectivity index (χ3v) is 4.34. The Labute approximate surface area is 136 Å². The SMILES string of the molecule is CCOC(=O)C(N)Cc1ccc(N2CCOCC2)c(C)c1Cl. The minimum atomic E-state index is -0.689. The number of nitrogens with zero attached hydrogens (tertiary/aromatic N) is 1. The van der Waals surface area contributed by atoms with Gasteiger partial charge in [0.05, 0.1) is 19.8 Å². The molecule has 1 unspecified atom stereocenters. The molecule has 0 amide bonds. The Bertz CT molecular complexity index is 530. The first-order valence-electron chi connectivity index (χ1n) is 7.57. The van der Waals surface area contributed by atoms with Gasteiger partial charge in [-0.25, -0.2) is 0 Å². The second-order valence-electron chi connectivity index (χ2n) is 5.34. The van der Waals surface area contributed by atoms with Crippen LogP contribution in [0.3, 0.4) is 0 Å². The first kappa shape index (κ1) is 17.1. The summed E-state index contributed by atoms with van der Waals surface area (Å²) < 4.78 is 10.3. The van der Waals surface area contributed by atoms with E-state index in [1.165, 1.54) is 0 Å². The van der Waals surface area contributed by atoms with E-state index >= 15 is 0 Å². The van der Waals surface area contributed by atoms with E-state index in [2.05, 4.69) is 4.90 Å². The molecule has 1 saturated heterocycles. The molecule has 0 radical (unpaired) electrons. The van der Waals surface area contributed by atoms with Crippen LogP contribution in [0.15, 0.2) is 12.1 Å². The number of carbonyl (C=O) groups is 1. The number of nitrogens with two attached hydrogens (primary N) is 1. The molecule has 0 aromatic heterocycles. The standard InChI is InChI=1S/C16H23ClN2O3/c1-3-22-16(20)13(18)10-12-4-5-14(11(2)15(12)17)19-6-8-21-9-7-19/h4-5,13H,3,6-10,18H2,1-2H3. The van der Waals surface area contributed by atoms with Gasteiger partial charge in [-0.1, -0.05) is 17.7 Å². The Kier molecular flexibility index (Phi) is 6.06. The van der Waals surface area contributed by atoms with E-state index in [1.807, 2.05) is 19.1 Å². The minimum absolute atomic E-state index is 0.329. The van der Waals surface area contributed by atoms with Gasteiger partial charge in [-0.3, -0.25) is 4.79 Å². The van der Waals surface area contributed by atoms with Crippen molar-refractivity contribution < 1.29 is 14.3 Å². The molecule has 122 valence electrons. The van der Waals surface area contributed by atoms with Crippen LogP contribution < -0.4 is 10.6 Å². The molecule has 1 fully saturated rings. The zero-order valence-electron chi connectivity index (χ0n) is 13.1. The van der Waals surface area contributed by atoms with Gasteiger partial charge in [0.25, 0.3) is 0 Å². The van der Waals surface area contributed by atoms with Crippen molar-refractivity contribution in [1.82, 2.24) is 0 Å². The van der Waals surface area contributed by atoms with Gasteiger partial charge in [-0.2, -0.15) is 0 Å². The zero-order valence-corrected chi connectivity index (χ0v) is 13.9. The summed E-state index contributed by atoms with van der Waals surface area (Å²) in [6, 6.07) is 3.30. The van der Waals surface area contributed by atoms with Gasteiger partial charge >= 0.3 is 5.97 Å². The van der Waals surface area contributed by atoms with Crippen molar-refractivity contribution in [2.75, 3.05) is 37.8 Å². The van der Waals surface area contributed by atoms with Gasteiger partial charge in [-0.15, -0.1) is 0 Å². The molecule has 1 aromatic rings. The number of halogens is 1. The number of benzene rings is 1. The molecule has 0 saturated carbocycles. The monoisotopic (exact) mass is 326 g/mol. The molecular formula is C16H23ClN2O3. The lowest BCUT2D eigenvalue weighted by atomic mass is 10.0. The Morgan fingerprint density at radius 3 is 2.77 bits per heavy atom. The van der Waals surface area contributed by atoms with Crippen LogP contribution in [-0.4, -0.2) is 44.9 Å². The molecule has 0 bridgehead atoms. The molecule has 5 nitrogen and oxygen atoms in total. The molecule has 2 rings (SSSR count). The molecule has 22 heavy (non-hydrogen) atoms. The maximum atomic E-state index is 11.6. The summed E-state index contributed by atoms with van der Waals surface area (Å²) >= 11 is 6.48. The second kappa shape index (κ2) is 7.81. The molecule has 1 heterocycles. The Hall–Kier alpha value is -1.30. The van der Waals surface area contributed by atoms with Crippen LogP contribution in [-0.2, 0) is 20.7 Å². The van der Waals surface area contributed by atoms with Gasteiger partial charge in [-0.05, 0) is 37.5 Å². The van der Waals surface area contributed by atoms with E-state index in [4.69, 9.17) is 26.8 Å². The van der Waals surface area contributed by atoms with Crippen molar-refractivity contribution in [1.29, 1.82) is 0 Å². The quantitative estimate of drug-likeness (QED) is 0.837. The predicted octanol–water partition coefficient (Wildman–Crippen LogP) is 1.92. The highest BCUT2D eigenvalue weighted by atomic mass is 35.5. The largest absolute Gasteiger partial charge is 0.465 e. The maximum absolute atomic E-state index is 11.6. The van der Waals surface area contributed by atoms with Gasteiger partial charge in [0.1, 0.15) is 6.04 Å². The first-order chi connectivity index (χ1) is 10.5. The van der Waals surface area contributed by atoms with Crippen LogP contribution in [0.2, 0.25) is 5.02 Å². The molecule has 0 aliphatic carbocycles. The highest BCUT2D eigenvalue weighted by Gasteiger charge is 2.20. The van der Waals surface area contributed by atoms with E-state index in [9.17, 15) is 4.79 Å². The lowest BCUT2D eigenvalue weighted by molar-refractivity contribution is -0.144. The van der Waals surface area contributed by atoms with E-state index in [0.29, 0.717) is 18.1 Å². The van der Waals surface area contributed by atoms with Crippen molar-refractivity contribution >= 4 is 23.3 Å². The van der Waals surface area contributed by atoms with Gasteiger partial charge in [0, 0.05) is 23.8 Å². The van der Waals surface area contributed by atoms with E-state index in [1.54, 1.807) is 6.92 Å². The number of ether oxygens (including phenoxy) is 2. The Balaban J connectivity index is 2.14. The van der Waals surface area contributed by atoms with Crippen molar-refractivity contribution in [3.8, 4) is 0 Å². The average Bonchev–Trinajstić information content (AvgIpc) is 2.53. The normalized spacial score (nSPS) is 16.5. The van der Waals surface area contributed by atoms with Crippen molar-refractivity contribution in [2.24, 2.45) is 5.73 Å². The average molecular weight is 327 g/mol. The maximum Gasteiger partial charge on any atom is 0.323 e. The number of morpholine rings is 1. The van der Waals surface area contributed by atoms with Gasteiger partial charge in [0.2, 0.25) is 0 Å². The fourth-order valence-corrected chi connectivity index (χ4v) is 2.84. The number of hydrogen-bond donors (Lipinski definition) is 1. The van der Waals surface area contributed by atoms with Gasteiger partial charge < -0.3 is 20.1 Å². The predicted molar refractivity (Wildman–Crippen MR) is 87.5 cm³/mol. The summed E-state index contributed by atoms with van der Waals surface area (Å²) in [5.41, 5.74) is 8.87. The molecule has 2 N–H and O–H groups in total. The molecule has 1 atom stereocenters. The third kappa shape index (κ3) is 3.91. The van der Waals surface area contributed by atoms with Crippen LogP contribution in [0.5, 0.6) is 0 Å². The minimum Gasteiger partial charge on any atom is -0.465 e. The molecule has 1 aliphatic rings. The second-order valence-corrected chi connectivity index (χ2v) is 5.72. The number of carbonyl (C=O) groups excluding carboxylic acids is 1. The smallest absolute Gasteiger partial charge is 0.323 e. The summed E-state index contributed by atoms with van der Waals surface area (Å²) in [6.45, 7) is 7.26. The Morgan fingerprint density at radius 1 is 1.45 bits per heavy atom. The molecule has 1 aromatic carbocycles. The van der Waals surface area contributed by atoms with Crippen molar-refractivity contribution in [3.63, 3.8) is 0 Å². The van der Waals surface area contributed by atoms with Crippen LogP contribution in [0, 0.1) is 6.92 Å². The van der Waals surface area contributed by atoms with Gasteiger partial charge in [0.15, 0.2) is 0 Å². The highest BCUT2D eigenvalue weighted by molar-refractivity contribution is 6.32. The van der Waals surface area contributed by atoms with Crippen molar-refractivity contribution in [3.05, 3.63) is 28.3 Å². The number of anilines is 1. The van der Waals surface area contributed by atoms with Crippen molar-refractivity contribution in [2.45, 2.75) is 26.3 Å². The fraction of sp³-hybridized carbons (Fsp3) is 0.562. The Morgan fingerprint density at radius 2 is 2.14 bits per heavy atom. The fourth-order valence-electron chi connectivity index (χ4n) is 2.61. The highest BCUT2D eigenvalue weighted by Crippen LogP contribution is 2.31. The van der Waals surface area contributed by atoms with Crippen LogP contribution >= 0.6 is 11.6 Å². The van der Waals surface area contributed by atoms with Crippen LogP contribution in [0.1, 0.15) is 18.1 Å². The molecular weight excluding hydrogens is 304 g/mol. The van der Waals surface area contributed by atoms with Crippen LogP contribution in [0.25, 0.3) is 0 Å². The molecule has 6 heteroatoms. The number of hydrogen-bond acceptors (Lipinski definition) is 5. The lowest BCUT2D eigenvalue weighted by Crippen LogP contribution is -2.37. The summed E-state index contributed by atoms with van der Waals surface area (Å²) in [6.07, 6.45) is 0.377. The zero-order chi connectivity index (χ0) is 16.1. The lowest BCUT2D eigenvalue weighted by Gasteiger charge is -2.31. The summed E-state index contributed by atoms with van der Waals surface area (Å²) in [7, 11) is 0. The number of rotatable bonds is 5. The first-order valence-corrected chi connectivity index (χ1v) is 7.95. The number of esters is 1. The molecule has 0 spiro atoms. The van der Waals surface area contributed by atoms with Crippen LogP contribution in [0.4, 0.5) is 5.69 Å².